The van der Waals surface area contributed by atoms with Gasteiger partial charge in [0, 0.05) is 22.5 Å². The van der Waals surface area contributed by atoms with Crippen molar-refractivity contribution in [1.29, 1.82) is 0 Å². The Hall–Kier alpha value is -2.10. The zero-order valence-corrected chi connectivity index (χ0v) is 11.5. The molecule has 0 saturated carbocycles. The molecule has 100 valence electrons. The number of benzene rings is 2. The molecular weight excluding hydrogens is 272 g/mol. The molecule has 0 aliphatic heterocycles. The number of nitrogens with two attached hydrogens (primary N) is 1. The predicted octanol–water partition coefficient (Wildman–Crippen LogP) is 4.14. The van der Waals surface area contributed by atoms with Gasteiger partial charge < -0.3 is 10.5 Å². The summed E-state index contributed by atoms with van der Waals surface area (Å²) in [6, 6.07) is 17.1. The van der Waals surface area contributed by atoms with Gasteiger partial charge in [-0.25, -0.2) is 4.98 Å². The Kier molecular flexibility index (Phi) is 3.54. The van der Waals surface area contributed by atoms with Crippen LogP contribution in [0, 0.1) is 0 Å². The number of ether oxygens (including phenoxy) is 1. The van der Waals surface area contributed by atoms with Gasteiger partial charge in [-0.15, -0.1) is 0 Å². The summed E-state index contributed by atoms with van der Waals surface area (Å²) in [4.78, 5) is 4.53. The SMILES string of the molecule is NCc1cc2ccccc2nc1Oc1cccc(Cl)c1. The first-order valence-corrected chi connectivity index (χ1v) is 6.66. The lowest BCUT2D eigenvalue weighted by Crippen LogP contribution is -2.01. The van der Waals surface area contributed by atoms with Crippen molar-refractivity contribution >= 4 is 22.5 Å². The quantitative estimate of drug-likeness (QED) is 0.786. The molecule has 3 aromatic rings. The third-order valence-electron chi connectivity index (χ3n) is 2.99. The molecule has 0 unspecified atom stereocenters. The van der Waals surface area contributed by atoms with Gasteiger partial charge in [-0.1, -0.05) is 35.9 Å². The molecule has 1 heterocycles. The van der Waals surface area contributed by atoms with Crippen LogP contribution in [0.4, 0.5) is 0 Å². The van der Waals surface area contributed by atoms with Crippen LogP contribution in [0.5, 0.6) is 11.6 Å². The van der Waals surface area contributed by atoms with E-state index in [2.05, 4.69) is 4.98 Å². The van der Waals surface area contributed by atoms with E-state index in [1.807, 2.05) is 42.5 Å². The highest BCUT2D eigenvalue weighted by Gasteiger charge is 2.08. The summed E-state index contributed by atoms with van der Waals surface area (Å²) in [6.45, 7) is 0.369. The third-order valence-corrected chi connectivity index (χ3v) is 3.23. The van der Waals surface area contributed by atoms with E-state index in [-0.39, 0.29) is 0 Å². The molecule has 0 saturated heterocycles. The second-order valence-corrected chi connectivity index (χ2v) is 4.85. The number of halogens is 1. The average molecular weight is 285 g/mol. The van der Waals surface area contributed by atoms with Gasteiger partial charge in [0.15, 0.2) is 0 Å². The molecule has 0 spiro atoms. The number of nitrogens with zero attached hydrogens (tertiary/aromatic N) is 1. The van der Waals surface area contributed by atoms with Crippen molar-refractivity contribution in [1.82, 2.24) is 4.98 Å². The zero-order chi connectivity index (χ0) is 13.9. The van der Waals surface area contributed by atoms with E-state index >= 15 is 0 Å². The summed E-state index contributed by atoms with van der Waals surface area (Å²) < 4.78 is 5.81. The molecule has 0 amide bonds. The summed E-state index contributed by atoms with van der Waals surface area (Å²) in [5, 5.41) is 1.67. The van der Waals surface area contributed by atoms with Gasteiger partial charge in [-0.05, 0) is 30.3 Å². The summed E-state index contributed by atoms with van der Waals surface area (Å²) >= 11 is 5.95. The summed E-state index contributed by atoms with van der Waals surface area (Å²) in [7, 11) is 0. The number of para-hydroxylation sites is 1. The van der Waals surface area contributed by atoms with Crippen molar-refractivity contribution in [2.45, 2.75) is 6.54 Å². The Morgan fingerprint density at radius 3 is 2.70 bits per heavy atom. The van der Waals surface area contributed by atoms with Gasteiger partial charge in [0.1, 0.15) is 5.75 Å². The second-order valence-electron chi connectivity index (χ2n) is 4.41. The van der Waals surface area contributed by atoms with Crippen molar-refractivity contribution in [2.75, 3.05) is 0 Å². The molecule has 0 atom stereocenters. The molecule has 2 N–H and O–H groups in total. The molecule has 0 fully saturated rings. The topological polar surface area (TPSA) is 48.1 Å². The minimum atomic E-state index is 0.369. The monoisotopic (exact) mass is 284 g/mol. The van der Waals surface area contributed by atoms with E-state index in [9.17, 15) is 0 Å². The van der Waals surface area contributed by atoms with Crippen LogP contribution in [0.15, 0.2) is 54.6 Å². The molecule has 20 heavy (non-hydrogen) atoms. The van der Waals surface area contributed by atoms with Crippen LogP contribution < -0.4 is 10.5 Å². The zero-order valence-electron chi connectivity index (χ0n) is 10.7. The maximum atomic E-state index is 5.95. The van der Waals surface area contributed by atoms with Gasteiger partial charge in [0.05, 0.1) is 5.52 Å². The molecule has 0 radical (unpaired) electrons. The maximum absolute atomic E-state index is 5.95. The largest absolute Gasteiger partial charge is 0.439 e. The van der Waals surface area contributed by atoms with Crippen LogP contribution in [0.3, 0.4) is 0 Å². The van der Waals surface area contributed by atoms with E-state index in [0.29, 0.717) is 23.2 Å². The molecule has 1 aromatic heterocycles. The second kappa shape index (κ2) is 5.49. The number of fused-ring (bicyclic) bond motifs is 1. The van der Waals surface area contributed by atoms with E-state index in [1.54, 1.807) is 12.1 Å². The Labute approximate surface area is 122 Å². The van der Waals surface area contributed by atoms with E-state index in [4.69, 9.17) is 22.1 Å². The van der Waals surface area contributed by atoms with Gasteiger partial charge in [-0.3, -0.25) is 0 Å². The van der Waals surface area contributed by atoms with Crippen molar-refractivity contribution in [3.8, 4) is 11.6 Å². The number of rotatable bonds is 3. The lowest BCUT2D eigenvalue weighted by atomic mass is 10.1. The minimum Gasteiger partial charge on any atom is -0.439 e. The highest BCUT2D eigenvalue weighted by molar-refractivity contribution is 6.30. The summed E-state index contributed by atoms with van der Waals surface area (Å²) in [5.41, 5.74) is 7.52. The lowest BCUT2D eigenvalue weighted by molar-refractivity contribution is 0.458. The first kappa shape index (κ1) is 12.9. The average Bonchev–Trinajstić information content (AvgIpc) is 2.46. The minimum absolute atomic E-state index is 0.369. The highest BCUT2D eigenvalue weighted by Crippen LogP contribution is 2.28. The van der Waals surface area contributed by atoms with Crippen LogP contribution >= 0.6 is 11.6 Å². The standard InChI is InChI=1S/C16H13ClN2O/c17-13-5-3-6-14(9-13)20-16-12(10-18)8-11-4-1-2-7-15(11)19-16/h1-9H,10,18H2. The fourth-order valence-electron chi connectivity index (χ4n) is 2.02. The molecule has 4 heteroatoms. The lowest BCUT2D eigenvalue weighted by Gasteiger charge is -2.10. The van der Waals surface area contributed by atoms with Crippen LogP contribution in [0.1, 0.15) is 5.56 Å². The van der Waals surface area contributed by atoms with Gasteiger partial charge in [0.2, 0.25) is 5.88 Å². The van der Waals surface area contributed by atoms with Crippen molar-refractivity contribution < 1.29 is 4.74 Å². The Bertz CT molecular complexity index is 758. The molecule has 2 aromatic carbocycles. The third kappa shape index (κ3) is 2.59. The highest BCUT2D eigenvalue weighted by atomic mass is 35.5. The van der Waals surface area contributed by atoms with Crippen LogP contribution in [0.2, 0.25) is 5.02 Å². The van der Waals surface area contributed by atoms with Crippen molar-refractivity contribution in [3.63, 3.8) is 0 Å². The fraction of sp³-hybridized carbons (Fsp3) is 0.0625. The van der Waals surface area contributed by atoms with Gasteiger partial charge in [0.25, 0.3) is 0 Å². The molecule has 0 aliphatic carbocycles. The van der Waals surface area contributed by atoms with E-state index < -0.39 is 0 Å². The maximum Gasteiger partial charge on any atom is 0.224 e. The molecular formula is C16H13ClN2O. The van der Waals surface area contributed by atoms with E-state index in [0.717, 1.165) is 16.5 Å². The molecule has 0 aliphatic rings. The molecule has 3 nitrogen and oxygen atoms in total. The fourth-order valence-corrected chi connectivity index (χ4v) is 2.20. The van der Waals surface area contributed by atoms with Crippen LogP contribution in [-0.2, 0) is 6.54 Å². The first-order valence-electron chi connectivity index (χ1n) is 6.28. The van der Waals surface area contributed by atoms with E-state index in [1.165, 1.54) is 0 Å². The molecule has 0 bridgehead atoms. The number of hydrogen-bond acceptors (Lipinski definition) is 3. The Morgan fingerprint density at radius 1 is 1.05 bits per heavy atom. The summed E-state index contributed by atoms with van der Waals surface area (Å²) in [5.74, 6) is 1.17. The van der Waals surface area contributed by atoms with Gasteiger partial charge >= 0.3 is 0 Å². The predicted molar refractivity (Wildman–Crippen MR) is 81.2 cm³/mol. The van der Waals surface area contributed by atoms with Crippen LogP contribution in [0.25, 0.3) is 10.9 Å². The van der Waals surface area contributed by atoms with Gasteiger partial charge in [-0.2, -0.15) is 0 Å². The smallest absolute Gasteiger partial charge is 0.224 e. The normalized spacial score (nSPS) is 10.7. The van der Waals surface area contributed by atoms with Crippen molar-refractivity contribution in [3.05, 3.63) is 65.2 Å². The van der Waals surface area contributed by atoms with Crippen LogP contribution in [-0.4, -0.2) is 4.98 Å². The molecule has 3 rings (SSSR count). The Balaban J connectivity index is 2.05. The number of hydrogen-bond donors (Lipinski definition) is 1. The number of pyridine rings is 1. The van der Waals surface area contributed by atoms with Crippen molar-refractivity contribution in [2.24, 2.45) is 5.73 Å². The first-order chi connectivity index (χ1) is 9.76. The summed E-state index contributed by atoms with van der Waals surface area (Å²) in [6.07, 6.45) is 0. The Morgan fingerprint density at radius 2 is 1.90 bits per heavy atom. The number of aromatic nitrogens is 1.